The summed E-state index contributed by atoms with van der Waals surface area (Å²) in [5, 5.41) is 3.02. The summed E-state index contributed by atoms with van der Waals surface area (Å²) in [6.45, 7) is 3.81. The molecular formula is C19H25N3OS. The number of thiazole rings is 1. The minimum absolute atomic E-state index is 0.257. The predicted octanol–water partition coefficient (Wildman–Crippen LogP) is 3.51. The van der Waals surface area contributed by atoms with Crippen LogP contribution in [-0.4, -0.2) is 42.0 Å². The van der Waals surface area contributed by atoms with Crippen molar-refractivity contribution in [3.8, 4) is 0 Å². The average Bonchev–Trinajstić information content (AvgIpc) is 3.13. The maximum atomic E-state index is 12.5. The van der Waals surface area contributed by atoms with E-state index in [0.717, 1.165) is 37.4 Å². The molecule has 1 amide bonds. The van der Waals surface area contributed by atoms with Gasteiger partial charge in [-0.05, 0) is 31.9 Å². The molecule has 1 saturated heterocycles. The number of benzene rings is 1. The molecular weight excluding hydrogens is 318 g/mol. The third-order valence-corrected chi connectivity index (χ3v) is 5.61. The Hall–Kier alpha value is -1.88. The van der Waals surface area contributed by atoms with Gasteiger partial charge in [0, 0.05) is 56.3 Å². The molecule has 1 aliphatic heterocycles. The normalized spacial score (nSPS) is 17.8. The number of rotatable bonds is 5. The second-order valence-corrected chi connectivity index (χ2v) is 7.49. The Bertz CT molecular complexity index is 654. The Kier molecular flexibility index (Phi) is 5.51. The Balaban J connectivity index is 1.57. The number of hydrogen-bond acceptors (Lipinski definition) is 4. The summed E-state index contributed by atoms with van der Waals surface area (Å²) in [7, 11) is 2.14. The van der Waals surface area contributed by atoms with Crippen LogP contribution in [0.1, 0.15) is 29.8 Å². The van der Waals surface area contributed by atoms with Gasteiger partial charge in [-0.1, -0.05) is 17.7 Å². The first kappa shape index (κ1) is 17.0. The Labute approximate surface area is 148 Å². The standard InChI is InChI=1S/C19H25N3OS/c1-15-5-7-16(8-6-15)21(2)17-4-3-12-22(14-17)19(23)10-9-18-20-11-13-24-18/h5-8,11,13,17H,3-4,9-10,12,14H2,1-2H3. The molecule has 0 bridgehead atoms. The minimum Gasteiger partial charge on any atom is -0.370 e. The highest BCUT2D eigenvalue weighted by molar-refractivity contribution is 7.09. The largest absolute Gasteiger partial charge is 0.370 e. The minimum atomic E-state index is 0.257. The lowest BCUT2D eigenvalue weighted by Crippen LogP contribution is -2.48. The SMILES string of the molecule is Cc1ccc(N(C)C2CCCN(C(=O)CCc3nccs3)C2)cc1. The summed E-state index contributed by atoms with van der Waals surface area (Å²) < 4.78 is 0. The molecule has 0 saturated carbocycles. The fourth-order valence-electron chi connectivity index (χ4n) is 3.24. The number of aryl methyl sites for hydroxylation is 2. The Morgan fingerprint density at radius 2 is 2.17 bits per heavy atom. The average molecular weight is 343 g/mol. The van der Waals surface area contributed by atoms with Crippen LogP contribution >= 0.6 is 11.3 Å². The molecule has 5 heteroatoms. The number of likely N-dealkylation sites (tertiary alicyclic amines) is 1. The summed E-state index contributed by atoms with van der Waals surface area (Å²) in [6, 6.07) is 9.01. The molecule has 1 aliphatic rings. The molecule has 2 aromatic rings. The third kappa shape index (κ3) is 4.15. The number of piperidine rings is 1. The van der Waals surface area contributed by atoms with Crippen LogP contribution in [0, 0.1) is 6.92 Å². The molecule has 0 N–H and O–H groups in total. The highest BCUT2D eigenvalue weighted by Crippen LogP contribution is 2.22. The topological polar surface area (TPSA) is 36.4 Å². The highest BCUT2D eigenvalue weighted by Gasteiger charge is 2.26. The smallest absolute Gasteiger partial charge is 0.223 e. The second-order valence-electron chi connectivity index (χ2n) is 6.51. The number of aromatic nitrogens is 1. The van der Waals surface area contributed by atoms with Crippen LogP contribution < -0.4 is 4.90 Å². The van der Waals surface area contributed by atoms with Crippen LogP contribution in [0.3, 0.4) is 0 Å². The zero-order valence-electron chi connectivity index (χ0n) is 14.4. The number of hydrogen-bond donors (Lipinski definition) is 0. The van der Waals surface area contributed by atoms with E-state index in [9.17, 15) is 4.79 Å². The molecule has 24 heavy (non-hydrogen) atoms. The molecule has 4 nitrogen and oxygen atoms in total. The quantitative estimate of drug-likeness (QED) is 0.833. The second kappa shape index (κ2) is 7.79. The van der Waals surface area contributed by atoms with Gasteiger partial charge in [-0.3, -0.25) is 4.79 Å². The zero-order chi connectivity index (χ0) is 16.9. The summed E-state index contributed by atoms with van der Waals surface area (Å²) in [4.78, 5) is 21.1. The van der Waals surface area contributed by atoms with E-state index >= 15 is 0 Å². The van der Waals surface area contributed by atoms with Gasteiger partial charge in [-0.2, -0.15) is 0 Å². The molecule has 1 aromatic heterocycles. The van der Waals surface area contributed by atoms with Gasteiger partial charge < -0.3 is 9.80 Å². The van der Waals surface area contributed by atoms with Crippen LogP contribution in [0.4, 0.5) is 5.69 Å². The number of nitrogens with zero attached hydrogens (tertiary/aromatic N) is 3. The molecule has 128 valence electrons. The van der Waals surface area contributed by atoms with Gasteiger partial charge in [-0.15, -0.1) is 11.3 Å². The van der Waals surface area contributed by atoms with Crippen molar-refractivity contribution < 1.29 is 4.79 Å². The van der Waals surface area contributed by atoms with Crippen LogP contribution in [0.2, 0.25) is 0 Å². The van der Waals surface area contributed by atoms with Crippen LogP contribution in [0.15, 0.2) is 35.8 Å². The van der Waals surface area contributed by atoms with E-state index in [4.69, 9.17) is 0 Å². The lowest BCUT2D eigenvalue weighted by atomic mass is 10.0. The van der Waals surface area contributed by atoms with Crippen molar-refractivity contribution in [3.63, 3.8) is 0 Å². The first-order chi connectivity index (χ1) is 11.6. The fourth-order valence-corrected chi connectivity index (χ4v) is 3.86. The van der Waals surface area contributed by atoms with Gasteiger partial charge >= 0.3 is 0 Å². The molecule has 0 aliphatic carbocycles. The predicted molar refractivity (Wildman–Crippen MR) is 99.6 cm³/mol. The van der Waals surface area contributed by atoms with Crippen molar-refractivity contribution in [2.45, 2.75) is 38.6 Å². The van der Waals surface area contributed by atoms with Crippen LogP contribution in [-0.2, 0) is 11.2 Å². The number of carbonyl (C=O) groups excluding carboxylic acids is 1. The monoisotopic (exact) mass is 343 g/mol. The van der Waals surface area contributed by atoms with Crippen molar-refractivity contribution in [3.05, 3.63) is 46.4 Å². The molecule has 0 radical (unpaired) electrons. The van der Waals surface area contributed by atoms with Crippen LogP contribution in [0.25, 0.3) is 0 Å². The van der Waals surface area contributed by atoms with Gasteiger partial charge in [0.1, 0.15) is 0 Å². The molecule has 1 fully saturated rings. The zero-order valence-corrected chi connectivity index (χ0v) is 15.3. The molecule has 3 rings (SSSR count). The van der Waals surface area contributed by atoms with Crippen molar-refractivity contribution in [1.82, 2.24) is 9.88 Å². The van der Waals surface area contributed by atoms with E-state index in [0.29, 0.717) is 12.5 Å². The Morgan fingerprint density at radius 1 is 1.38 bits per heavy atom. The van der Waals surface area contributed by atoms with E-state index in [1.165, 1.54) is 11.3 Å². The molecule has 2 heterocycles. The first-order valence-corrected chi connectivity index (χ1v) is 9.47. The molecule has 1 aromatic carbocycles. The van der Waals surface area contributed by atoms with Gasteiger partial charge in [0.05, 0.1) is 5.01 Å². The van der Waals surface area contributed by atoms with Gasteiger partial charge in [-0.25, -0.2) is 4.98 Å². The van der Waals surface area contributed by atoms with E-state index in [2.05, 4.69) is 48.1 Å². The van der Waals surface area contributed by atoms with Gasteiger partial charge in [0.25, 0.3) is 0 Å². The molecule has 1 atom stereocenters. The maximum absolute atomic E-state index is 12.5. The van der Waals surface area contributed by atoms with Gasteiger partial charge in [0.15, 0.2) is 0 Å². The lowest BCUT2D eigenvalue weighted by molar-refractivity contribution is -0.132. The highest BCUT2D eigenvalue weighted by atomic mass is 32.1. The molecule has 1 unspecified atom stereocenters. The summed E-state index contributed by atoms with van der Waals surface area (Å²) >= 11 is 1.63. The number of carbonyl (C=O) groups is 1. The van der Waals surface area contributed by atoms with E-state index in [-0.39, 0.29) is 5.91 Å². The number of anilines is 1. The summed E-state index contributed by atoms with van der Waals surface area (Å²) in [6.07, 6.45) is 5.34. The lowest BCUT2D eigenvalue weighted by Gasteiger charge is -2.38. The van der Waals surface area contributed by atoms with Crippen molar-refractivity contribution in [2.75, 3.05) is 25.0 Å². The van der Waals surface area contributed by atoms with Crippen molar-refractivity contribution in [2.24, 2.45) is 0 Å². The maximum Gasteiger partial charge on any atom is 0.223 e. The number of likely N-dealkylation sites (N-methyl/N-ethyl adjacent to an activating group) is 1. The Morgan fingerprint density at radius 3 is 2.88 bits per heavy atom. The van der Waals surface area contributed by atoms with Crippen LogP contribution in [0.5, 0.6) is 0 Å². The molecule has 0 spiro atoms. The van der Waals surface area contributed by atoms with E-state index < -0.39 is 0 Å². The fraction of sp³-hybridized carbons (Fsp3) is 0.474. The summed E-state index contributed by atoms with van der Waals surface area (Å²) in [5.41, 5.74) is 2.50. The summed E-state index contributed by atoms with van der Waals surface area (Å²) in [5.74, 6) is 0.257. The van der Waals surface area contributed by atoms with Crippen molar-refractivity contribution >= 4 is 22.9 Å². The van der Waals surface area contributed by atoms with Crippen molar-refractivity contribution in [1.29, 1.82) is 0 Å². The van der Waals surface area contributed by atoms with Gasteiger partial charge in [0.2, 0.25) is 5.91 Å². The van der Waals surface area contributed by atoms with E-state index in [1.807, 2.05) is 10.3 Å². The number of amides is 1. The third-order valence-electron chi connectivity index (χ3n) is 4.77. The van der Waals surface area contributed by atoms with E-state index in [1.54, 1.807) is 17.5 Å². The first-order valence-electron chi connectivity index (χ1n) is 8.59.